The van der Waals surface area contributed by atoms with Crippen molar-refractivity contribution in [2.75, 3.05) is 6.61 Å². The average Bonchev–Trinajstić information content (AvgIpc) is 2.12. The summed E-state index contributed by atoms with van der Waals surface area (Å²) >= 11 is 0. The van der Waals surface area contributed by atoms with Gasteiger partial charge in [0.25, 0.3) is 0 Å². The monoisotopic (exact) mass is 199 g/mol. The minimum Gasteiger partial charge on any atom is -0.502 e. The Morgan fingerprint density at radius 1 is 1.50 bits per heavy atom. The van der Waals surface area contributed by atoms with Crippen LogP contribution in [0.15, 0.2) is 12.3 Å². The van der Waals surface area contributed by atoms with E-state index >= 15 is 0 Å². The molecule has 0 spiro atoms. The van der Waals surface area contributed by atoms with Crippen LogP contribution >= 0.6 is 0 Å². The molecule has 14 heavy (non-hydrogen) atoms. The summed E-state index contributed by atoms with van der Waals surface area (Å²) in [7, 11) is 0. The summed E-state index contributed by atoms with van der Waals surface area (Å²) in [5.74, 6) is 0.0354. The minimum absolute atomic E-state index is 0.0354. The fraction of sp³-hybridized carbons (Fsp3) is 0.727. The van der Waals surface area contributed by atoms with Gasteiger partial charge in [0, 0.05) is 13.0 Å². The minimum atomic E-state index is 0.0354. The number of amides is 1. The SMILES string of the molecule is CCCC(C/C=C/OCC)NC(C)=O. The molecule has 1 atom stereocenters. The first kappa shape index (κ1) is 13.0. The maximum absolute atomic E-state index is 10.9. The van der Waals surface area contributed by atoms with Crippen LogP contribution in [0.1, 0.15) is 40.0 Å². The fourth-order valence-corrected chi connectivity index (χ4v) is 1.27. The van der Waals surface area contributed by atoms with Crippen molar-refractivity contribution in [2.24, 2.45) is 0 Å². The molecule has 3 heteroatoms. The second-order valence-corrected chi connectivity index (χ2v) is 3.25. The van der Waals surface area contributed by atoms with Gasteiger partial charge in [-0.05, 0) is 25.8 Å². The van der Waals surface area contributed by atoms with Crippen LogP contribution in [0.3, 0.4) is 0 Å². The lowest BCUT2D eigenvalue weighted by Crippen LogP contribution is -2.32. The van der Waals surface area contributed by atoms with E-state index in [1.807, 2.05) is 13.0 Å². The van der Waals surface area contributed by atoms with Crippen LogP contribution in [0.2, 0.25) is 0 Å². The summed E-state index contributed by atoms with van der Waals surface area (Å²) in [4.78, 5) is 10.9. The van der Waals surface area contributed by atoms with Crippen LogP contribution in [0, 0.1) is 0 Å². The van der Waals surface area contributed by atoms with Crippen molar-refractivity contribution < 1.29 is 9.53 Å². The Hall–Kier alpha value is -0.990. The lowest BCUT2D eigenvalue weighted by molar-refractivity contribution is -0.119. The van der Waals surface area contributed by atoms with Crippen molar-refractivity contribution in [1.82, 2.24) is 5.32 Å². The Balaban J connectivity index is 3.77. The highest BCUT2D eigenvalue weighted by Crippen LogP contribution is 2.02. The van der Waals surface area contributed by atoms with Gasteiger partial charge in [0.15, 0.2) is 0 Å². The lowest BCUT2D eigenvalue weighted by atomic mass is 10.1. The zero-order valence-corrected chi connectivity index (χ0v) is 9.38. The smallest absolute Gasteiger partial charge is 0.217 e. The highest BCUT2D eigenvalue weighted by Gasteiger charge is 2.05. The molecule has 0 rings (SSSR count). The summed E-state index contributed by atoms with van der Waals surface area (Å²) in [5.41, 5.74) is 0. The van der Waals surface area contributed by atoms with Gasteiger partial charge < -0.3 is 10.1 Å². The first-order valence-electron chi connectivity index (χ1n) is 5.24. The van der Waals surface area contributed by atoms with E-state index in [1.54, 1.807) is 13.2 Å². The third kappa shape index (κ3) is 7.65. The van der Waals surface area contributed by atoms with Gasteiger partial charge in [-0.1, -0.05) is 13.3 Å². The first-order valence-corrected chi connectivity index (χ1v) is 5.24. The maximum atomic E-state index is 10.9. The van der Waals surface area contributed by atoms with Gasteiger partial charge in [0.2, 0.25) is 5.91 Å². The molecule has 0 bridgehead atoms. The van der Waals surface area contributed by atoms with Crippen LogP contribution < -0.4 is 5.32 Å². The summed E-state index contributed by atoms with van der Waals surface area (Å²) in [6, 6.07) is 0.245. The summed E-state index contributed by atoms with van der Waals surface area (Å²) in [5, 5.41) is 2.91. The van der Waals surface area contributed by atoms with Gasteiger partial charge in [-0.15, -0.1) is 0 Å². The van der Waals surface area contributed by atoms with Gasteiger partial charge in [-0.2, -0.15) is 0 Å². The molecule has 3 nitrogen and oxygen atoms in total. The number of rotatable bonds is 7. The van der Waals surface area contributed by atoms with Gasteiger partial charge in [0.1, 0.15) is 0 Å². The third-order valence-electron chi connectivity index (χ3n) is 1.82. The maximum Gasteiger partial charge on any atom is 0.217 e. The number of carbonyl (C=O) groups is 1. The second kappa shape index (κ2) is 8.60. The van der Waals surface area contributed by atoms with E-state index in [2.05, 4.69) is 12.2 Å². The van der Waals surface area contributed by atoms with Gasteiger partial charge in [-0.3, -0.25) is 4.79 Å². The summed E-state index contributed by atoms with van der Waals surface area (Å²) < 4.78 is 5.07. The quantitative estimate of drug-likeness (QED) is 0.638. The number of hydrogen-bond donors (Lipinski definition) is 1. The Labute approximate surface area is 86.5 Å². The first-order chi connectivity index (χ1) is 6.70. The van der Waals surface area contributed by atoms with E-state index in [0.29, 0.717) is 6.61 Å². The molecule has 0 aromatic carbocycles. The Kier molecular flexibility index (Phi) is 7.99. The molecule has 0 aliphatic carbocycles. The Morgan fingerprint density at radius 3 is 2.71 bits per heavy atom. The van der Waals surface area contributed by atoms with Crippen LogP contribution in [-0.4, -0.2) is 18.6 Å². The molecule has 1 amide bonds. The van der Waals surface area contributed by atoms with Crippen LogP contribution in [0.4, 0.5) is 0 Å². The molecule has 0 aliphatic heterocycles. The molecule has 82 valence electrons. The molecule has 1 unspecified atom stereocenters. The fourth-order valence-electron chi connectivity index (χ4n) is 1.27. The molecule has 0 fully saturated rings. The number of nitrogens with one attached hydrogen (secondary N) is 1. The highest BCUT2D eigenvalue weighted by atomic mass is 16.5. The molecule has 0 saturated carbocycles. The molecule has 0 radical (unpaired) electrons. The number of hydrogen-bond acceptors (Lipinski definition) is 2. The summed E-state index contributed by atoms with van der Waals surface area (Å²) in [6.07, 6.45) is 6.58. The van der Waals surface area contributed by atoms with E-state index in [-0.39, 0.29) is 11.9 Å². The molecule has 0 saturated heterocycles. The van der Waals surface area contributed by atoms with Gasteiger partial charge in [0.05, 0.1) is 12.9 Å². The lowest BCUT2D eigenvalue weighted by Gasteiger charge is -2.14. The molecule has 0 aromatic rings. The summed E-state index contributed by atoms with van der Waals surface area (Å²) in [6.45, 7) is 6.30. The van der Waals surface area contributed by atoms with Crippen molar-refractivity contribution >= 4 is 5.91 Å². The van der Waals surface area contributed by atoms with Gasteiger partial charge in [-0.25, -0.2) is 0 Å². The van der Waals surface area contributed by atoms with E-state index < -0.39 is 0 Å². The highest BCUT2D eigenvalue weighted by molar-refractivity contribution is 5.73. The third-order valence-corrected chi connectivity index (χ3v) is 1.82. The van der Waals surface area contributed by atoms with Crippen molar-refractivity contribution in [3.63, 3.8) is 0 Å². The van der Waals surface area contributed by atoms with Crippen molar-refractivity contribution in [2.45, 2.75) is 46.1 Å². The molecule has 0 aromatic heterocycles. The zero-order valence-electron chi connectivity index (χ0n) is 9.38. The van der Waals surface area contributed by atoms with Crippen molar-refractivity contribution in [3.05, 3.63) is 12.3 Å². The van der Waals surface area contributed by atoms with E-state index in [1.165, 1.54) is 0 Å². The normalized spacial score (nSPS) is 12.8. The second-order valence-electron chi connectivity index (χ2n) is 3.25. The predicted octanol–water partition coefficient (Wildman–Crippen LogP) is 2.23. The average molecular weight is 199 g/mol. The molecular formula is C11H21NO2. The molecule has 0 aliphatic rings. The number of carbonyl (C=O) groups excluding carboxylic acids is 1. The Morgan fingerprint density at radius 2 is 2.21 bits per heavy atom. The van der Waals surface area contributed by atoms with E-state index in [0.717, 1.165) is 19.3 Å². The molecule has 1 N–H and O–H groups in total. The standard InChI is InChI=1S/C11H21NO2/c1-4-7-11(12-10(3)13)8-6-9-14-5-2/h6,9,11H,4-5,7-8H2,1-3H3,(H,12,13)/b9-6+. The van der Waals surface area contributed by atoms with Crippen molar-refractivity contribution in [3.8, 4) is 0 Å². The van der Waals surface area contributed by atoms with E-state index in [9.17, 15) is 4.79 Å². The largest absolute Gasteiger partial charge is 0.502 e. The van der Waals surface area contributed by atoms with Gasteiger partial charge >= 0.3 is 0 Å². The topological polar surface area (TPSA) is 38.3 Å². The predicted molar refractivity (Wildman–Crippen MR) is 57.9 cm³/mol. The van der Waals surface area contributed by atoms with Crippen LogP contribution in [0.5, 0.6) is 0 Å². The number of ether oxygens (including phenoxy) is 1. The zero-order chi connectivity index (χ0) is 10.8. The van der Waals surface area contributed by atoms with Crippen LogP contribution in [0.25, 0.3) is 0 Å². The van der Waals surface area contributed by atoms with Crippen LogP contribution in [-0.2, 0) is 9.53 Å². The van der Waals surface area contributed by atoms with Crippen molar-refractivity contribution in [1.29, 1.82) is 0 Å². The molecular weight excluding hydrogens is 178 g/mol. The Bertz CT molecular complexity index is 178. The molecule has 0 heterocycles. The van der Waals surface area contributed by atoms with E-state index in [4.69, 9.17) is 4.74 Å².